The quantitative estimate of drug-likeness (QED) is 0.863. The number of carbonyl (C=O) groups is 1. The Morgan fingerprint density at radius 1 is 1.40 bits per heavy atom. The van der Waals surface area contributed by atoms with E-state index < -0.39 is 5.91 Å². The van der Waals surface area contributed by atoms with E-state index in [9.17, 15) is 4.79 Å². The molecule has 1 heterocycles. The van der Waals surface area contributed by atoms with E-state index in [0.29, 0.717) is 11.7 Å². The Morgan fingerprint density at radius 2 is 2.10 bits per heavy atom. The van der Waals surface area contributed by atoms with E-state index in [0.717, 1.165) is 31.5 Å². The van der Waals surface area contributed by atoms with Crippen molar-refractivity contribution in [3.8, 4) is 0 Å². The van der Waals surface area contributed by atoms with E-state index in [2.05, 4.69) is 30.9 Å². The van der Waals surface area contributed by atoms with E-state index in [1.807, 2.05) is 4.68 Å². The van der Waals surface area contributed by atoms with Crippen LogP contribution in [0.1, 0.15) is 64.0 Å². The summed E-state index contributed by atoms with van der Waals surface area (Å²) in [7, 11) is 0. The lowest BCUT2D eigenvalue weighted by molar-refractivity contribution is -0.117. The fourth-order valence-electron chi connectivity index (χ4n) is 2.82. The summed E-state index contributed by atoms with van der Waals surface area (Å²) in [5.41, 5.74) is 11.2. The predicted octanol–water partition coefficient (Wildman–Crippen LogP) is 1.05. The lowest BCUT2D eigenvalue weighted by Crippen LogP contribution is -2.31. The number of carbonyl (C=O) groups excluding carboxylic acids is 1. The molecule has 1 aromatic heterocycles. The highest BCUT2D eigenvalue weighted by Crippen LogP contribution is 2.33. The second-order valence-electron chi connectivity index (χ2n) is 6.74. The van der Waals surface area contributed by atoms with Gasteiger partial charge in [0.15, 0.2) is 5.82 Å². The molecule has 1 aromatic rings. The number of aromatic nitrogens is 3. The van der Waals surface area contributed by atoms with Crippen LogP contribution >= 0.6 is 0 Å². The second kappa shape index (κ2) is 5.52. The van der Waals surface area contributed by atoms with Crippen molar-refractivity contribution < 1.29 is 4.79 Å². The van der Waals surface area contributed by atoms with Crippen molar-refractivity contribution in [2.24, 2.45) is 11.5 Å². The topological polar surface area (TPSA) is 99.8 Å². The summed E-state index contributed by atoms with van der Waals surface area (Å²) in [5, 5.41) is 4.49. The van der Waals surface area contributed by atoms with Crippen molar-refractivity contribution >= 4 is 5.91 Å². The van der Waals surface area contributed by atoms with Gasteiger partial charge in [0.05, 0.1) is 12.0 Å². The van der Waals surface area contributed by atoms with Gasteiger partial charge in [-0.05, 0) is 40.0 Å². The van der Waals surface area contributed by atoms with Crippen LogP contribution in [0, 0.1) is 0 Å². The number of amides is 1. The van der Waals surface area contributed by atoms with Gasteiger partial charge in [-0.25, -0.2) is 9.67 Å². The summed E-state index contributed by atoms with van der Waals surface area (Å²) < 4.78 is 1.94. The largest absolute Gasteiger partial charge is 0.369 e. The summed E-state index contributed by atoms with van der Waals surface area (Å²) in [6.45, 7) is 6.26. The third-order valence-electron chi connectivity index (χ3n) is 3.72. The maximum Gasteiger partial charge on any atom is 0.225 e. The van der Waals surface area contributed by atoms with Crippen LogP contribution in [-0.2, 0) is 16.8 Å². The van der Waals surface area contributed by atoms with Gasteiger partial charge >= 0.3 is 0 Å². The molecule has 0 radical (unpaired) electrons. The fourth-order valence-corrected chi connectivity index (χ4v) is 2.82. The fraction of sp³-hybridized carbons (Fsp3) is 0.786. The van der Waals surface area contributed by atoms with E-state index in [1.165, 1.54) is 0 Å². The van der Waals surface area contributed by atoms with Crippen LogP contribution in [0.3, 0.4) is 0 Å². The summed E-state index contributed by atoms with van der Waals surface area (Å²) in [6, 6.07) is 0.235. The van der Waals surface area contributed by atoms with Gasteiger partial charge in [0.1, 0.15) is 5.82 Å². The third-order valence-corrected chi connectivity index (χ3v) is 3.72. The monoisotopic (exact) mass is 279 g/mol. The molecule has 0 bridgehead atoms. The van der Waals surface area contributed by atoms with E-state index in [-0.39, 0.29) is 18.0 Å². The van der Waals surface area contributed by atoms with Crippen LogP contribution < -0.4 is 11.5 Å². The molecule has 112 valence electrons. The molecule has 20 heavy (non-hydrogen) atoms. The average Bonchev–Trinajstić information content (AvgIpc) is 2.71. The molecule has 4 N–H and O–H groups in total. The minimum atomic E-state index is -0.400. The molecule has 1 aliphatic carbocycles. The molecule has 0 saturated heterocycles. The third kappa shape index (κ3) is 3.36. The predicted molar refractivity (Wildman–Crippen MR) is 77.1 cm³/mol. The number of hydrogen-bond acceptors (Lipinski definition) is 4. The van der Waals surface area contributed by atoms with Crippen molar-refractivity contribution in [1.82, 2.24) is 14.8 Å². The average molecular weight is 279 g/mol. The molecule has 0 aliphatic heterocycles. The standard InChI is InChI=1S/C14H25N5O/c1-14(2,3)19-13(9-5-4-6-10(15)7-9)17-12(18-19)8-11(16)20/h9-10H,4-8,15H2,1-3H3,(H2,16,20)/t9-,10+/m1/s1. The van der Waals surface area contributed by atoms with Gasteiger partial charge in [-0.1, -0.05) is 6.42 Å². The molecule has 1 fully saturated rings. The highest BCUT2D eigenvalue weighted by atomic mass is 16.1. The van der Waals surface area contributed by atoms with Gasteiger partial charge in [-0.3, -0.25) is 4.79 Å². The zero-order valence-electron chi connectivity index (χ0n) is 12.6. The molecule has 6 nitrogen and oxygen atoms in total. The minimum absolute atomic E-state index is 0.0921. The Bertz CT molecular complexity index is 488. The first-order valence-corrected chi connectivity index (χ1v) is 7.27. The summed E-state index contributed by atoms with van der Waals surface area (Å²) in [5.74, 6) is 1.39. The molecule has 0 unspecified atom stereocenters. The number of primary amides is 1. The Kier molecular flexibility index (Phi) is 4.13. The molecule has 0 aromatic carbocycles. The maximum absolute atomic E-state index is 11.1. The van der Waals surface area contributed by atoms with Crippen molar-refractivity contribution in [3.05, 3.63) is 11.6 Å². The molecule has 2 rings (SSSR count). The van der Waals surface area contributed by atoms with Crippen LogP contribution in [0.5, 0.6) is 0 Å². The van der Waals surface area contributed by atoms with Gasteiger partial charge < -0.3 is 11.5 Å². The zero-order chi connectivity index (χ0) is 14.9. The maximum atomic E-state index is 11.1. The Labute approximate surface area is 119 Å². The van der Waals surface area contributed by atoms with Crippen molar-refractivity contribution in [2.45, 2.75) is 70.4 Å². The number of nitrogens with two attached hydrogens (primary N) is 2. The van der Waals surface area contributed by atoms with Crippen LogP contribution in [0.2, 0.25) is 0 Å². The molecule has 1 aliphatic rings. The van der Waals surface area contributed by atoms with Gasteiger partial charge in [0, 0.05) is 12.0 Å². The Morgan fingerprint density at radius 3 is 2.65 bits per heavy atom. The first-order chi connectivity index (χ1) is 9.27. The Balaban J connectivity index is 2.34. The molecule has 2 atom stereocenters. The number of nitrogens with zero attached hydrogens (tertiary/aromatic N) is 3. The lowest BCUT2D eigenvalue weighted by Gasteiger charge is -2.29. The molecule has 1 saturated carbocycles. The number of rotatable bonds is 3. The molecule has 6 heteroatoms. The van der Waals surface area contributed by atoms with Gasteiger partial charge in [0.2, 0.25) is 5.91 Å². The minimum Gasteiger partial charge on any atom is -0.369 e. The highest BCUT2D eigenvalue weighted by molar-refractivity contribution is 5.75. The van der Waals surface area contributed by atoms with Crippen LogP contribution in [0.15, 0.2) is 0 Å². The SMILES string of the molecule is CC(C)(C)n1nc(CC(N)=O)nc1[C@@H]1CCC[C@H](N)C1. The normalized spacial score (nSPS) is 23.8. The van der Waals surface area contributed by atoms with Gasteiger partial charge in [-0.15, -0.1) is 0 Å². The summed E-state index contributed by atoms with van der Waals surface area (Å²) in [6.07, 6.45) is 4.31. The van der Waals surface area contributed by atoms with E-state index in [4.69, 9.17) is 11.5 Å². The van der Waals surface area contributed by atoms with E-state index >= 15 is 0 Å². The highest BCUT2D eigenvalue weighted by Gasteiger charge is 2.29. The van der Waals surface area contributed by atoms with Crippen LogP contribution in [-0.4, -0.2) is 26.7 Å². The molecule has 1 amide bonds. The van der Waals surface area contributed by atoms with Crippen molar-refractivity contribution in [1.29, 1.82) is 0 Å². The van der Waals surface area contributed by atoms with E-state index in [1.54, 1.807) is 0 Å². The Hall–Kier alpha value is -1.43. The van der Waals surface area contributed by atoms with Gasteiger partial charge in [-0.2, -0.15) is 5.10 Å². The molecular weight excluding hydrogens is 254 g/mol. The van der Waals surface area contributed by atoms with Crippen LogP contribution in [0.4, 0.5) is 0 Å². The van der Waals surface area contributed by atoms with Crippen LogP contribution in [0.25, 0.3) is 0 Å². The first kappa shape index (κ1) is 15.0. The van der Waals surface area contributed by atoms with Crippen molar-refractivity contribution in [2.75, 3.05) is 0 Å². The lowest BCUT2D eigenvalue weighted by atomic mass is 9.85. The second-order valence-corrected chi connectivity index (χ2v) is 6.74. The molecular formula is C14H25N5O. The van der Waals surface area contributed by atoms with Gasteiger partial charge in [0.25, 0.3) is 0 Å². The summed E-state index contributed by atoms with van der Waals surface area (Å²) in [4.78, 5) is 15.7. The van der Waals surface area contributed by atoms with Crippen molar-refractivity contribution in [3.63, 3.8) is 0 Å². The smallest absolute Gasteiger partial charge is 0.225 e. The first-order valence-electron chi connectivity index (χ1n) is 7.27. The number of hydrogen-bond donors (Lipinski definition) is 2. The zero-order valence-corrected chi connectivity index (χ0v) is 12.6. The summed E-state index contributed by atoms with van der Waals surface area (Å²) >= 11 is 0. The molecule has 0 spiro atoms.